The van der Waals surface area contributed by atoms with Crippen molar-refractivity contribution in [3.63, 3.8) is 0 Å². The fourth-order valence-corrected chi connectivity index (χ4v) is 2.72. The van der Waals surface area contributed by atoms with Crippen LogP contribution >= 0.6 is 0 Å². The lowest BCUT2D eigenvalue weighted by atomic mass is 10.1. The van der Waals surface area contributed by atoms with E-state index in [1.54, 1.807) is 20.3 Å². The lowest BCUT2D eigenvalue weighted by molar-refractivity contribution is 0.0939. The summed E-state index contributed by atoms with van der Waals surface area (Å²) >= 11 is 0. The first-order valence-electron chi connectivity index (χ1n) is 8.52. The number of nitrogens with one attached hydrogen (secondary N) is 1. The van der Waals surface area contributed by atoms with Crippen molar-refractivity contribution in [2.45, 2.75) is 13.0 Å². The van der Waals surface area contributed by atoms with Crippen LogP contribution in [0.15, 0.2) is 60.9 Å². The second-order valence-electron chi connectivity index (χ2n) is 5.96. The number of hydrogen-bond donors (Lipinski definition) is 1. The molecule has 0 bridgehead atoms. The molecular weight excluding hydrogens is 342 g/mol. The largest absolute Gasteiger partial charge is 0.497 e. The Kier molecular flexibility index (Phi) is 5.66. The lowest BCUT2D eigenvalue weighted by Gasteiger charge is -2.18. The van der Waals surface area contributed by atoms with Crippen molar-refractivity contribution >= 4 is 5.91 Å². The molecule has 1 amide bonds. The number of hydrogen-bond acceptors (Lipinski definition) is 5. The lowest BCUT2D eigenvalue weighted by Crippen LogP contribution is -2.27. The summed E-state index contributed by atoms with van der Waals surface area (Å²) in [6.07, 6.45) is 3.06. The smallest absolute Gasteiger partial charge is 0.254 e. The van der Waals surface area contributed by atoms with Crippen molar-refractivity contribution in [3.8, 4) is 22.9 Å². The highest BCUT2D eigenvalue weighted by Gasteiger charge is 2.16. The molecule has 1 atom stereocenters. The highest BCUT2D eigenvalue weighted by Crippen LogP contribution is 2.29. The summed E-state index contributed by atoms with van der Waals surface area (Å²) in [5.41, 5.74) is 2.16. The number of carbonyl (C=O) groups is 1. The van der Waals surface area contributed by atoms with Crippen molar-refractivity contribution in [1.82, 2.24) is 15.3 Å². The van der Waals surface area contributed by atoms with Crippen LogP contribution in [-0.2, 0) is 0 Å². The van der Waals surface area contributed by atoms with E-state index in [4.69, 9.17) is 9.47 Å². The minimum Gasteiger partial charge on any atom is -0.497 e. The summed E-state index contributed by atoms with van der Waals surface area (Å²) in [5, 5.41) is 2.94. The molecule has 0 radical (unpaired) electrons. The normalized spacial score (nSPS) is 11.5. The van der Waals surface area contributed by atoms with E-state index in [0.29, 0.717) is 22.9 Å². The minimum atomic E-state index is -0.257. The van der Waals surface area contributed by atoms with Crippen LogP contribution in [0.1, 0.15) is 28.9 Å². The molecule has 1 N–H and O–H groups in total. The summed E-state index contributed by atoms with van der Waals surface area (Å²) in [6.45, 7) is 1.89. The molecule has 0 aliphatic carbocycles. The number of amides is 1. The summed E-state index contributed by atoms with van der Waals surface area (Å²) in [6, 6.07) is 14.9. The Bertz CT molecular complexity index is 912. The predicted molar refractivity (Wildman–Crippen MR) is 103 cm³/mol. The third-order valence-corrected chi connectivity index (χ3v) is 4.20. The predicted octanol–water partition coefficient (Wildman–Crippen LogP) is 3.65. The number of carbonyl (C=O) groups excluding carboxylic acids is 1. The fraction of sp³-hybridized carbons (Fsp3) is 0.190. The molecule has 0 spiro atoms. The molecule has 0 aliphatic heterocycles. The van der Waals surface area contributed by atoms with Gasteiger partial charge in [0.15, 0.2) is 5.82 Å². The SMILES string of the molecule is COc1ccc([C@H](C)NC(=O)c2cnc(-c3ccccc3)nc2)c(OC)c1. The van der Waals surface area contributed by atoms with Crippen LogP contribution in [-0.4, -0.2) is 30.1 Å². The molecule has 3 aromatic rings. The number of methoxy groups -OCH3 is 2. The molecule has 1 aromatic heterocycles. The van der Waals surface area contributed by atoms with Crippen LogP contribution < -0.4 is 14.8 Å². The van der Waals surface area contributed by atoms with Gasteiger partial charge in [-0.05, 0) is 19.1 Å². The first kappa shape index (κ1) is 18.4. The first-order valence-corrected chi connectivity index (χ1v) is 8.52. The molecule has 0 saturated heterocycles. The highest BCUT2D eigenvalue weighted by molar-refractivity contribution is 5.94. The third kappa shape index (κ3) is 4.23. The number of nitrogens with zero attached hydrogens (tertiary/aromatic N) is 2. The van der Waals surface area contributed by atoms with Crippen molar-refractivity contribution in [2.24, 2.45) is 0 Å². The number of aromatic nitrogens is 2. The molecule has 6 nitrogen and oxygen atoms in total. The molecule has 3 rings (SSSR count). The van der Waals surface area contributed by atoms with E-state index >= 15 is 0 Å². The molecule has 0 aliphatic rings. The first-order chi connectivity index (χ1) is 13.1. The molecular formula is C21H21N3O3. The van der Waals surface area contributed by atoms with E-state index in [1.807, 2.05) is 49.4 Å². The van der Waals surface area contributed by atoms with Crippen molar-refractivity contribution in [3.05, 3.63) is 72.1 Å². The van der Waals surface area contributed by atoms with E-state index in [-0.39, 0.29) is 11.9 Å². The molecule has 27 heavy (non-hydrogen) atoms. The van der Waals surface area contributed by atoms with E-state index in [9.17, 15) is 4.79 Å². The molecule has 1 heterocycles. The zero-order valence-corrected chi connectivity index (χ0v) is 15.5. The van der Waals surface area contributed by atoms with Crippen LogP contribution in [0.5, 0.6) is 11.5 Å². The Labute approximate surface area is 158 Å². The van der Waals surface area contributed by atoms with Gasteiger partial charge in [0, 0.05) is 29.6 Å². The molecule has 0 unspecified atom stereocenters. The Balaban J connectivity index is 1.73. The van der Waals surface area contributed by atoms with Crippen molar-refractivity contribution in [2.75, 3.05) is 14.2 Å². The monoisotopic (exact) mass is 363 g/mol. The Morgan fingerprint density at radius 3 is 2.33 bits per heavy atom. The van der Waals surface area contributed by atoms with Gasteiger partial charge in [0.05, 0.1) is 25.8 Å². The van der Waals surface area contributed by atoms with E-state index in [0.717, 1.165) is 11.1 Å². The van der Waals surface area contributed by atoms with Gasteiger partial charge in [0.25, 0.3) is 5.91 Å². The maximum atomic E-state index is 12.5. The number of benzene rings is 2. The average Bonchev–Trinajstić information content (AvgIpc) is 2.73. The number of ether oxygens (including phenoxy) is 2. The van der Waals surface area contributed by atoms with Crippen LogP contribution in [0.25, 0.3) is 11.4 Å². The Hall–Kier alpha value is -3.41. The summed E-state index contributed by atoms with van der Waals surface area (Å²) in [7, 11) is 3.18. The maximum Gasteiger partial charge on any atom is 0.254 e. The van der Waals surface area contributed by atoms with Gasteiger partial charge in [-0.15, -0.1) is 0 Å². The number of rotatable bonds is 6. The molecule has 6 heteroatoms. The second kappa shape index (κ2) is 8.31. The van der Waals surface area contributed by atoms with Gasteiger partial charge in [-0.3, -0.25) is 4.79 Å². The van der Waals surface area contributed by atoms with Crippen LogP contribution in [0.4, 0.5) is 0 Å². The summed E-state index contributed by atoms with van der Waals surface area (Å²) in [5.74, 6) is 1.67. The van der Waals surface area contributed by atoms with Crippen LogP contribution in [0.2, 0.25) is 0 Å². The van der Waals surface area contributed by atoms with Gasteiger partial charge in [0.2, 0.25) is 0 Å². The Morgan fingerprint density at radius 1 is 1.00 bits per heavy atom. The standard InChI is InChI=1S/C21H21N3O3/c1-14(18-10-9-17(26-2)11-19(18)27-3)24-21(25)16-12-22-20(23-13-16)15-7-5-4-6-8-15/h4-14H,1-3H3,(H,24,25)/t14-/m0/s1. The molecule has 138 valence electrons. The topological polar surface area (TPSA) is 73.3 Å². The summed E-state index contributed by atoms with van der Waals surface area (Å²) < 4.78 is 10.6. The Morgan fingerprint density at radius 2 is 1.70 bits per heavy atom. The van der Waals surface area contributed by atoms with E-state index < -0.39 is 0 Å². The molecule has 2 aromatic carbocycles. The van der Waals surface area contributed by atoms with Gasteiger partial charge >= 0.3 is 0 Å². The van der Waals surface area contributed by atoms with Gasteiger partial charge in [-0.2, -0.15) is 0 Å². The van der Waals surface area contributed by atoms with Gasteiger partial charge in [0.1, 0.15) is 11.5 Å². The fourth-order valence-electron chi connectivity index (χ4n) is 2.72. The van der Waals surface area contributed by atoms with Gasteiger partial charge in [-0.1, -0.05) is 30.3 Å². The van der Waals surface area contributed by atoms with E-state index in [1.165, 1.54) is 12.4 Å². The quantitative estimate of drug-likeness (QED) is 0.724. The van der Waals surface area contributed by atoms with Gasteiger partial charge in [-0.25, -0.2) is 9.97 Å². The maximum absolute atomic E-state index is 12.5. The summed E-state index contributed by atoms with van der Waals surface area (Å²) in [4.78, 5) is 21.1. The molecule has 0 saturated carbocycles. The third-order valence-electron chi connectivity index (χ3n) is 4.20. The van der Waals surface area contributed by atoms with Crippen molar-refractivity contribution in [1.29, 1.82) is 0 Å². The van der Waals surface area contributed by atoms with Crippen LogP contribution in [0.3, 0.4) is 0 Å². The average molecular weight is 363 g/mol. The minimum absolute atomic E-state index is 0.250. The zero-order chi connectivity index (χ0) is 19.2. The van der Waals surface area contributed by atoms with Crippen LogP contribution in [0, 0.1) is 0 Å². The highest BCUT2D eigenvalue weighted by atomic mass is 16.5. The second-order valence-corrected chi connectivity index (χ2v) is 5.96. The zero-order valence-electron chi connectivity index (χ0n) is 15.5. The van der Waals surface area contributed by atoms with Crippen molar-refractivity contribution < 1.29 is 14.3 Å². The van der Waals surface area contributed by atoms with E-state index in [2.05, 4.69) is 15.3 Å². The molecule has 0 fully saturated rings. The van der Waals surface area contributed by atoms with Gasteiger partial charge < -0.3 is 14.8 Å².